The summed E-state index contributed by atoms with van der Waals surface area (Å²) in [5.41, 5.74) is 2.72. The number of nitrogens with zero attached hydrogens (tertiary/aromatic N) is 2. The zero-order valence-electron chi connectivity index (χ0n) is 16.9. The minimum absolute atomic E-state index is 0.0272. The van der Waals surface area contributed by atoms with Gasteiger partial charge in [0.15, 0.2) is 0 Å². The molecule has 0 radical (unpaired) electrons. The maximum absolute atomic E-state index is 13.1. The van der Waals surface area contributed by atoms with Gasteiger partial charge < -0.3 is 14.6 Å². The van der Waals surface area contributed by atoms with E-state index in [4.69, 9.17) is 4.74 Å². The van der Waals surface area contributed by atoms with Gasteiger partial charge in [0, 0.05) is 42.5 Å². The summed E-state index contributed by atoms with van der Waals surface area (Å²) in [7, 11) is 1.83. The highest BCUT2D eigenvalue weighted by molar-refractivity contribution is 5.80. The van der Waals surface area contributed by atoms with Crippen LogP contribution in [0.4, 0.5) is 0 Å². The second-order valence-electron chi connectivity index (χ2n) is 8.51. The number of carbonyl (C=O) groups is 1. The number of fused-ring (bicyclic) bond motifs is 1. The van der Waals surface area contributed by atoms with E-state index in [-0.39, 0.29) is 29.3 Å². The monoisotopic (exact) mass is 383 g/mol. The third-order valence-corrected chi connectivity index (χ3v) is 6.51. The number of hydrogen-bond donors (Lipinski definition) is 1. The Balaban J connectivity index is 1.60. The lowest BCUT2D eigenvalue weighted by Crippen LogP contribution is -2.43. The van der Waals surface area contributed by atoms with Gasteiger partial charge in [-0.05, 0) is 56.6 Å². The number of pyridine rings is 2. The van der Waals surface area contributed by atoms with Crippen LogP contribution in [0, 0.1) is 18.8 Å². The van der Waals surface area contributed by atoms with Crippen molar-refractivity contribution in [3.63, 3.8) is 0 Å². The summed E-state index contributed by atoms with van der Waals surface area (Å²) >= 11 is 0. The molecule has 4 unspecified atom stereocenters. The zero-order chi connectivity index (χ0) is 19.8. The summed E-state index contributed by atoms with van der Waals surface area (Å²) in [5, 5.41) is 4.21. The SMILES string of the molecule is Cc1cc2c(cn1)cc(C1CC(NC(=O)C3CCOC3)CCC1C)c(=O)n2C. The summed E-state index contributed by atoms with van der Waals surface area (Å²) < 4.78 is 7.08. The second kappa shape index (κ2) is 7.66. The van der Waals surface area contributed by atoms with E-state index >= 15 is 0 Å². The Bertz CT molecular complexity index is 946. The van der Waals surface area contributed by atoms with E-state index in [0.29, 0.717) is 19.1 Å². The lowest BCUT2D eigenvalue weighted by molar-refractivity contribution is -0.126. The Morgan fingerprint density at radius 1 is 1.29 bits per heavy atom. The predicted molar refractivity (Wildman–Crippen MR) is 108 cm³/mol. The Morgan fingerprint density at radius 3 is 2.86 bits per heavy atom. The second-order valence-corrected chi connectivity index (χ2v) is 8.51. The van der Waals surface area contributed by atoms with Crippen molar-refractivity contribution in [3.05, 3.63) is 39.9 Å². The van der Waals surface area contributed by atoms with E-state index in [0.717, 1.165) is 47.8 Å². The third-order valence-electron chi connectivity index (χ3n) is 6.51. The molecule has 2 aromatic heterocycles. The fourth-order valence-electron chi connectivity index (χ4n) is 4.70. The molecular formula is C22H29N3O3. The molecule has 0 bridgehead atoms. The van der Waals surface area contributed by atoms with Crippen LogP contribution in [-0.2, 0) is 16.6 Å². The van der Waals surface area contributed by atoms with Crippen molar-refractivity contribution in [1.82, 2.24) is 14.9 Å². The van der Waals surface area contributed by atoms with Gasteiger partial charge in [0.05, 0.1) is 18.0 Å². The standard InChI is InChI=1S/C22H29N3O3/c1-13-4-5-17(24-21(26)15-6-7-28-12-15)10-18(13)19-9-16-11-23-14(2)8-20(16)25(3)22(19)27/h8-9,11,13,15,17-18H,4-7,10,12H2,1-3H3,(H,24,26). The Kier molecular flexibility index (Phi) is 5.23. The molecule has 4 rings (SSSR count). The van der Waals surface area contributed by atoms with Gasteiger partial charge in [-0.2, -0.15) is 0 Å². The molecule has 0 aromatic carbocycles. The quantitative estimate of drug-likeness (QED) is 0.884. The van der Waals surface area contributed by atoms with Gasteiger partial charge in [0.1, 0.15) is 0 Å². The molecule has 150 valence electrons. The molecule has 1 aliphatic heterocycles. The molecule has 6 nitrogen and oxygen atoms in total. The van der Waals surface area contributed by atoms with Crippen LogP contribution in [0.15, 0.2) is 23.1 Å². The van der Waals surface area contributed by atoms with Gasteiger partial charge in [-0.3, -0.25) is 14.6 Å². The number of hydrogen-bond acceptors (Lipinski definition) is 4. The first-order valence-corrected chi connectivity index (χ1v) is 10.3. The van der Waals surface area contributed by atoms with Gasteiger partial charge in [0.25, 0.3) is 5.56 Å². The summed E-state index contributed by atoms with van der Waals surface area (Å²) in [5.74, 6) is 0.623. The molecule has 1 amide bonds. The molecule has 0 spiro atoms. The minimum atomic E-state index is -0.0272. The van der Waals surface area contributed by atoms with E-state index in [2.05, 4.69) is 17.2 Å². The molecular weight excluding hydrogens is 354 g/mol. The van der Waals surface area contributed by atoms with Crippen LogP contribution in [-0.4, -0.2) is 34.7 Å². The van der Waals surface area contributed by atoms with E-state index in [9.17, 15) is 9.59 Å². The molecule has 2 aromatic rings. The van der Waals surface area contributed by atoms with E-state index in [1.807, 2.05) is 32.3 Å². The molecule has 1 aliphatic carbocycles. The molecule has 1 N–H and O–H groups in total. The van der Waals surface area contributed by atoms with E-state index < -0.39 is 0 Å². The number of aryl methyl sites for hydroxylation is 2. The lowest BCUT2D eigenvalue weighted by atomic mass is 9.74. The average molecular weight is 383 g/mol. The van der Waals surface area contributed by atoms with E-state index in [1.165, 1.54) is 0 Å². The highest BCUT2D eigenvalue weighted by atomic mass is 16.5. The highest BCUT2D eigenvalue weighted by Gasteiger charge is 2.33. The first kappa shape index (κ1) is 19.1. The van der Waals surface area contributed by atoms with Crippen LogP contribution in [0.25, 0.3) is 10.9 Å². The van der Waals surface area contributed by atoms with Crippen molar-refractivity contribution in [1.29, 1.82) is 0 Å². The minimum Gasteiger partial charge on any atom is -0.381 e. The predicted octanol–water partition coefficient (Wildman–Crippen LogP) is 2.67. The maximum Gasteiger partial charge on any atom is 0.254 e. The number of rotatable bonds is 3. The Hall–Kier alpha value is -2.21. The van der Waals surface area contributed by atoms with Gasteiger partial charge in [-0.1, -0.05) is 6.92 Å². The van der Waals surface area contributed by atoms with Crippen molar-refractivity contribution < 1.29 is 9.53 Å². The number of amides is 1. The van der Waals surface area contributed by atoms with Crippen molar-refractivity contribution >= 4 is 16.8 Å². The summed E-state index contributed by atoms with van der Waals surface area (Å²) in [6.07, 6.45) is 5.42. The van der Waals surface area contributed by atoms with Crippen molar-refractivity contribution in [2.24, 2.45) is 18.9 Å². The molecule has 6 heteroatoms. The first-order chi connectivity index (χ1) is 13.4. The fraction of sp³-hybridized carbons (Fsp3) is 0.591. The van der Waals surface area contributed by atoms with Crippen LogP contribution in [0.2, 0.25) is 0 Å². The van der Waals surface area contributed by atoms with Crippen LogP contribution in [0.5, 0.6) is 0 Å². The number of nitrogens with one attached hydrogen (secondary N) is 1. The molecule has 1 saturated heterocycles. The zero-order valence-corrected chi connectivity index (χ0v) is 16.9. The lowest BCUT2D eigenvalue weighted by Gasteiger charge is -2.35. The molecule has 28 heavy (non-hydrogen) atoms. The molecule has 2 fully saturated rings. The van der Waals surface area contributed by atoms with Crippen LogP contribution < -0.4 is 10.9 Å². The van der Waals surface area contributed by atoms with E-state index in [1.54, 1.807) is 4.57 Å². The molecule has 2 aliphatic rings. The van der Waals surface area contributed by atoms with Gasteiger partial charge >= 0.3 is 0 Å². The molecule has 3 heterocycles. The fourth-order valence-corrected chi connectivity index (χ4v) is 4.70. The van der Waals surface area contributed by atoms with Crippen molar-refractivity contribution in [2.45, 2.75) is 51.5 Å². The van der Waals surface area contributed by atoms with Gasteiger partial charge in [0.2, 0.25) is 5.91 Å². The Labute approximate surface area is 165 Å². The van der Waals surface area contributed by atoms with Crippen LogP contribution >= 0.6 is 0 Å². The smallest absolute Gasteiger partial charge is 0.254 e. The van der Waals surface area contributed by atoms with Crippen LogP contribution in [0.1, 0.15) is 49.8 Å². The highest BCUT2D eigenvalue weighted by Crippen LogP contribution is 2.37. The topological polar surface area (TPSA) is 73.2 Å². The largest absolute Gasteiger partial charge is 0.381 e. The summed E-state index contributed by atoms with van der Waals surface area (Å²) in [4.78, 5) is 30.0. The third kappa shape index (κ3) is 3.58. The van der Waals surface area contributed by atoms with Gasteiger partial charge in [-0.25, -0.2) is 0 Å². The number of carbonyl (C=O) groups excluding carboxylic acids is 1. The molecule has 1 saturated carbocycles. The first-order valence-electron chi connectivity index (χ1n) is 10.3. The molecule has 4 atom stereocenters. The van der Waals surface area contributed by atoms with Gasteiger partial charge in [-0.15, -0.1) is 0 Å². The number of aromatic nitrogens is 2. The number of ether oxygens (including phenoxy) is 1. The Morgan fingerprint density at radius 2 is 2.11 bits per heavy atom. The van der Waals surface area contributed by atoms with Crippen LogP contribution in [0.3, 0.4) is 0 Å². The van der Waals surface area contributed by atoms with Crippen molar-refractivity contribution in [3.8, 4) is 0 Å². The summed E-state index contributed by atoms with van der Waals surface area (Å²) in [6.45, 7) is 5.34. The maximum atomic E-state index is 13.1. The normalized spacial score (nSPS) is 27.8. The van der Waals surface area contributed by atoms with Crippen molar-refractivity contribution in [2.75, 3.05) is 13.2 Å². The summed E-state index contributed by atoms with van der Waals surface area (Å²) in [6, 6.07) is 4.09. The average Bonchev–Trinajstić information content (AvgIpc) is 3.22.